The number of aliphatic hydroxyl groups excluding tert-OH is 2. The minimum Gasteiger partial charge on any atom is -0.458 e. The number of aldehydes is 1. The quantitative estimate of drug-likeness (QED) is 0.359. The van der Waals surface area contributed by atoms with Gasteiger partial charge in [0.05, 0.1) is 17.6 Å². The van der Waals surface area contributed by atoms with Crippen LogP contribution in [0.15, 0.2) is 23.3 Å². The molecule has 190 valence electrons. The number of aliphatic hydroxyl groups is 2. The molecular formula is C28H36O7. The van der Waals surface area contributed by atoms with E-state index in [0.29, 0.717) is 37.7 Å². The highest BCUT2D eigenvalue weighted by Gasteiger charge is 2.80. The standard InChI is InChI=1S/C28H36O7/c1-13-9-20(34-25(33)14(13)2)15(3)24-19(30)11-18-16-10-23-28(35-23)22(32)6-5-21(31)26(28,4)17(16)7-8-27(18,24)12-29/h5-6,12,15-20,22-24,30,32H,7-11H2,1-4H3/t15-,16-,17+,18+,19-,20-,22+,23-,24+,26+,27-,28-/m1/s1. The second kappa shape index (κ2) is 7.36. The van der Waals surface area contributed by atoms with Gasteiger partial charge in [0.2, 0.25) is 0 Å². The van der Waals surface area contributed by atoms with Crippen molar-refractivity contribution < 1.29 is 34.1 Å². The van der Waals surface area contributed by atoms with Gasteiger partial charge in [0.15, 0.2) is 5.78 Å². The summed E-state index contributed by atoms with van der Waals surface area (Å²) < 4.78 is 11.9. The predicted octanol–water partition coefficient (Wildman–Crippen LogP) is 2.53. The van der Waals surface area contributed by atoms with Gasteiger partial charge in [-0.3, -0.25) is 4.79 Å². The van der Waals surface area contributed by atoms with E-state index in [-0.39, 0.29) is 53.6 Å². The van der Waals surface area contributed by atoms with E-state index in [9.17, 15) is 24.6 Å². The number of fused-ring (bicyclic) bond motifs is 4. The lowest BCUT2D eigenvalue weighted by Gasteiger charge is -2.57. The zero-order valence-corrected chi connectivity index (χ0v) is 20.9. The van der Waals surface area contributed by atoms with Crippen LogP contribution < -0.4 is 0 Å². The van der Waals surface area contributed by atoms with Crippen LogP contribution in [0.4, 0.5) is 0 Å². The molecule has 1 saturated heterocycles. The lowest BCUT2D eigenvalue weighted by molar-refractivity contribution is -0.159. The molecule has 6 aliphatic rings. The third-order valence-corrected chi connectivity index (χ3v) is 11.4. The van der Waals surface area contributed by atoms with Gasteiger partial charge in [0.1, 0.15) is 24.1 Å². The number of ether oxygens (including phenoxy) is 2. The summed E-state index contributed by atoms with van der Waals surface area (Å²) in [6.45, 7) is 7.66. The lowest BCUT2D eigenvalue weighted by Crippen LogP contribution is -2.64. The van der Waals surface area contributed by atoms with Crippen LogP contribution in [0.2, 0.25) is 0 Å². The van der Waals surface area contributed by atoms with Crippen LogP contribution in [-0.2, 0) is 23.9 Å². The normalized spacial score (nSPS) is 53.2. The Kier molecular flexibility index (Phi) is 4.95. The fourth-order valence-electron chi connectivity index (χ4n) is 9.44. The Balaban J connectivity index is 1.34. The maximum absolute atomic E-state index is 13.3. The predicted molar refractivity (Wildman–Crippen MR) is 125 cm³/mol. The molecule has 4 fully saturated rings. The van der Waals surface area contributed by atoms with Crippen molar-refractivity contribution in [2.24, 2.45) is 40.4 Å². The van der Waals surface area contributed by atoms with Crippen molar-refractivity contribution in [1.82, 2.24) is 0 Å². The summed E-state index contributed by atoms with van der Waals surface area (Å²) in [5.74, 6) is -0.867. The van der Waals surface area contributed by atoms with Gasteiger partial charge in [-0.1, -0.05) is 12.5 Å². The molecule has 0 aromatic heterocycles. The number of ketones is 1. The van der Waals surface area contributed by atoms with E-state index < -0.39 is 28.6 Å². The van der Waals surface area contributed by atoms with Crippen molar-refractivity contribution >= 4 is 18.0 Å². The molecule has 6 rings (SSSR count). The summed E-state index contributed by atoms with van der Waals surface area (Å²) in [6, 6.07) is 0. The van der Waals surface area contributed by atoms with Crippen molar-refractivity contribution in [3.05, 3.63) is 23.3 Å². The maximum atomic E-state index is 13.3. The number of esters is 1. The van der Waals surface area contributed by atoms with E-state index in [1.165, 1.54) is 6.08 Å². The molecule has 4 aliphatic carbocycles. The Morgan fingerprint density at radius 2 is 1.91 bits per heavy atom. The van der Waals surface area contributed by atoms with Gasteiger partial charge in [-0.15, -0.1) is 0 Å². The highest BCUT2D eigenvalue weighted by molar-refractivity contribution is 5.98. The Bertz CT molecular complexity index is 1060. The van der Waals surface area contributed by atoms with Gasteiger partial charge in [0.25, 0.3) is 0 Å². The van der Waals surface area contributed by atoms with Crippen LogP contribution >= 0.6 is 0 Å². The first-order valence-electron chi connectivity index (χ1n) is 13.1. The van der Waals surface area contributed by atoms with Gasteiger partial charge in [0, 0.05) is 23.3 Å². The van der Waals surface area contributed by atoms with E-state index >= 15 is 0 Å². The zero-order chi connectivity index (χ0) is 25.1. The van der Waals surface area contributed by atoms with Crippen LogP contribution in [0.3, 0.4) is 0 Å². The average Bonchev–Trinajstić information content (AvgIpc) is 3.49. The van der Waals surface area contributed by atoms with Gasteiger partial charge in [-0.2, -0.15) is 0 Å². The van der Waals surface area contributed by atoms with Crippen molar-refractivity contribution in [3.8, 4) is 0 Å². The largest absolute Gasteiger partial charge is 0.458 e. The lowest BCUT2D eigenvalue weighted by atomic mass is 9.44. The third kappa shape index (κ3) is 2.70. The first-order chi connectivity index (χ1) is 16.5. The number of carbonyl (C=O) groups is 3. The van der Waals surface area contributed by atoms with E-state index in [4.69, 9.17) is 9.47 Å². The molecule has 2 heterocycles. The molecule has 7 heteroatoms. The molecular weight excluding hydrogens is 448 g/mol. The summed E-state index contributed by atoms with van der Waals surface area (Å²) in [7, 11) is 0. The number of epoxide rings is 1. The highest BCUT2D eigenvalue weighted by atomic mass is 16.6. The maximum Gasteiger partial charge on any atom is 0.333 e. The molecule has 7 nitrogen and oxygen atoms in total. The number of hydrogen-bond acceptors (Lipinski definition) is 7. The Morgan fingerprint density at radius 1 is 1.17 bits per heavy atom. The van der Waals surface area contributed by atoms with Crippen LogP contribution in [0.1, 0.15) is 59.8 Å². The number of rotatable bonds is 3. The molecule has 3 saturated carbocycles. The molecule has 0 amide bonds. The monoisotopic (exact) mass is 484 g/mol. The number of allylic oxidation sites excluding steroid dienone is 1. The first-order valence-corrected chi connectivity index (χ1v) is 13.1. The summed E-state index contributed by atoms with van der Waals surface area (Å²) in [6.07, 6.45) is 5.08. The molecule has 2 aliphatic heterocycles. The van der Waals surface area contributed by atoms with E-state index in [2.05, 4.69) is 0 Å². The van der Waals surface area contributed by atoms with Gasteiger partial charge in [-0.05, 0) is 82.3 Å². The summed E-state index contributed by atoms with van der Waals surface area (Å²) in [5.41, 5.74) is -0.787. The molecule has 0 unspecified atom stereocenters. The Labute approximate surface area is 205 Å². The number of hydrogen-bond donors (Lipinski definition) is 2. The SMILES string of the molecule is CC1=C(C)C(=O)O[C@@H]([C@@H](C)[C@H]2[C@H](O)C[C@H]3[C@@H]4C[C@H]5O[C@]56[C@@H](O)C=CC(=O)[C@]6(C)[C@H]4CC[C@]23C=O)C1. The highest BCUT2D eigenvalue weighted by Crippen LogP contribution is 2.72. The minimum absolute atomic E-state index is 0.00573. The van der Waals surface area contributed by atoms with Crippen molar-refractivity contribution in [2.75, 3.05) is 0 Å². The molecule has 0 radical (unpaired) electrons. The molecule has 1 spiro atoms. The average molecular weight is 485 g/mol. The van der Waals surface area contributed by atoms with Crippen LogP contribution in [0, 0.1) is 40.4 Å². The van der Waals surface area contributed by atoms with E-state index in [0.717, 1.165) is 11.9 Å². The zero-order valence-electron chi connectivity index (χ0n) is 20.9. The molecule has 35 heavy (non-hydrogen) atoms. The van der Waals surface area contributed by atoms with Crippen molar-refractivity contribution in [3.63, 3.8) is 0 Å². The Morgan fingerprint density at radius 3 is 2.60 bits per heavy atom. The second-order valence-corrected chi connectivity index (χ2v) is 12.4. The number of cyclic esters (lactones) is 1. The summed E-state index contributed by atoms with van der Waals surface area (Å²) in [4.78, 5) is 38.7. The number of carbonyl (C=O) groups excluding carboxylic acids is 3. The Hall–Kier alpha value is -1.83. The summed E-state index contributed by atoms with van der Waals surface area (Å²) >= 11 is 0. The van der Waals surface area contributed by atoms with Crippen LogP contribution in [0.5, 0.6) is 0 Å². The second-order valence-electron chi connectivity index (χ2n) is 12.4. The summed E-state index contributed by atoms with van der Waals surface area (Å²) in [5, 5.41) is 22.2. The smallest absolute Gasteiger partial charge is 0.333 e. The van der Waals surface area contributed by atoms with Gasteiger partial charge >= 0.3 is 5.97 Å². The van der Waals surface area contributed by atoms with Crippen molar-refractivity contribution in [1.29, 1.82) is 0 Å². The molecule has 2 N–H and O–H groups in total. The third-order valence-electron chi connectivity index (χ3n) is 11.4. The molecule has 0 aromatic rings. The van der Waals surface area contributed by atoms with Crippen molar-refractivity contribution in [2.45, 2.75) is 89.8 Å². The van der Waals surface area contributed by atoms with Gasteiger partial charge in [-0.25, -0.2) is 4.79 Å². The minimum atomic E-state index is -0.858. The topological polar surface area (TPSA) is 113 Å². The molecule has 0 aromatic carbocycles. The fourth-order valence-corrected chi connectivity index (χ4v) is 9.44. The van der Waals surface area contributed by atoms with Crippen LogP contribution in [0.25, 0.3) is 0 Å². The van der Waals surface area contributed by atoms with Crippen LogP contribution in [-0.4, -0.2) is 58.3 Å². The van der Waals surface area contributed by atoms with Gasteiger partial charge < -0.3 is 24.5 Å². The fraction of sp³-hybridized carbons (Fsp3) is 0.750. The first kappa shape index (κ1) is 23.6. The van der Waals surface area contributed by atoms with E-state index in [1.54, 1.807) is 13.0 Å². The molecule has 0 bridgehead atoms. The van der Waals surface area contributed by atoms with E-state index in [1.807, 2.05) is 20.8 Å². The molecule has 12 atom stereocenters.